The van der Waals surface area contributed by atoms with Gasteiger partial charge in [0.15, 0.2) is 0 Å². The fraction of sp³-hybridized carbons (Fsp3) is 0.909. The van der Waals surface area contributed by atoms with Crippen LogP contribution in [0.3, 0.4) is 0 Å². The number of carbonyl (C=O) groups is 1. The molecule has 0 radical (unpaired) electrons. The molecule has 3 atom stereocenters. The molecular weight excluding hydrogens is 164 g/mol. The summed E-state index contributed by atoms with van der Waals surface area (Å²) >= 11 is 0. The van der Waals surface area contributed by atoms with Crippen LogP contribution in [0, 0.1) is 17.3 Å². The van der Waals surface area contributed by atoms with Crippen molar-refractivity contribution >= 4 is 5.97 Å². The number of carboxylic acid groups (broad SMARTS) is 1. The van der Waals surface area contributed by atoms with Crippen molar-refractivity contribution in [2.75, 3.05) is 0 Å². The minimum absolute atomic E-state index is 0.398. The molecule has 2 heteroatoms. The Morgan fingerprint density at radius 2 is 2.00 bits per heavy atom. The number of fused-ring (bicyclic) bond motifs is 1. The van der Waals surface area contributed by atoms with E-state index < -0.39 is 11.4 Å². The second kappa shape index (κ2) is 3.00. The minimum Gasteiger partial charge on any atom is -0.481 e. The molecule has 0 spiro atoms. The van der Waals surface area contributed by atoms with Gasteiger partial charge in [-0.1, -0.05) is 19.3 Å². The summed E-state index contributed by atoms with van der Waals surface area (Å²) in [7, 11) is 0. The molecule has 74 valence electrons. The van der Waals surface area contributed by atoms with E-state index in [9.17, 15) is 9.90 Å². The van der Waals surface area contributed by atoms with Crippen LogP contribution in [0.1, 0.15) is 45.4 Å². The molecular formula is C11H18O2. The van der Waals surface area contributed by atoms with Crippen LogP contribution in [-0.2, 0) is 4.79 Å². The molecule has 0 amide bonds. The lowest BCUT2D eigenvalue weighted by Gasteiger charge is -2.33. The molecule has 2 rings (SSSR count). The summed E-state index contributed by atoms with van der Waals surface area (Å²) in [6, 6.07) is 0. The van der Waals surface area contributed by atoms with Gasteiger partial charge in [-0.15, -0.1) is 0 Å². The number of hydrogen-bond donors (Lipinski definition) is 1. The Balaban J connectivity index is 2.19. The third-order valence-corrected chi connectivity index (χ3v) is 4.25. The molecule has 13 heavy (non-hydrogen) atoms. The number of carboxylic acids is 1. The molecule has 2 fully saturated rings. The van der Waals surface area contributed by atoms with Gasteiger partial charge < -0.3 is 5.11 Å². The van der Waals surface area contributed by atoms with E-state index >= 15 is 0 Å². The predicted molar refractivity (Wildman–Crippen MR) is 50.4 cm³/mol. The third kappa shape index (κ3) is 1.27. The van der Waals surface area contributed by atoms with Gasteiger partial charge in [0, 0.05) is 0 Å². The lowest BCUT2D eigenvalue weighted by atomic mass is 9.70. The van der Waals surface area contributed by atoms with Crippen LogP contribution in [0.4, 0.5) is 0 Å². The highest BCUT2D eigenvalue weighted by Gasteiger charge is 2.50. The van der Waals surface area contributed by atoms with Crippen molar-refractivity contribution in [1.29, 1.82) is 0 Å². The molecule has 1 N–H and O–H groups in total. The zero-order valence-corrected chi connectivity index (χ0v) is 8.25. The standard InChI is InChI=1S/C11H18O2/c1-11(10(12)13)7-6-8-4-2-3-5-9(8)11/h8-9H,2-7H2,1H3,(H,12,13)/t8-,9+,11-/m0/s1. The highest BCUT2D eigenvalue weighted by molar-refractivity contribution is 5.75. The summed E-state index contributed by atoms with van der Waals surface area (Å²) in [6.07, 6.45) is 7.02. The van der Waals surface area contributed by atoms with E-state index in [1.54, 1.807) is 0 Å². The summed E-state index contributed by atoms with van der Waals surface area (Å²) in [4.78, 5) is 11.2. The molecule has 2 aliphatic carbocycles. The normalized spacial score (nSPS) is 44.4. The fourth-order valence-electron chi connectivity index (χ4n) is 3.33. The zero-order valence-electron chi connectivity index (χ0n) is 8.25. The van der Waals surface area contributed by atoms with Gasteiger partial charge in [0.2, 0.25) is 0 Å². The first-order valence-electron chi connectivity index (χ1n) is 5.38. The van der Waals surface area contributed by atoms with E-state index in [1.165, 1.54) is 19.3 Å². The molecule has 0 unspecified atom stereocenters. The van der Waals surface area contributed by atoms with Crippen molar-refractivity contribution in [3.63, 3.8) is 0 Å². The van der Waals surface area contributed by atoms with Gasteiger partial charge in [0.05, 0.1) is 5.41 Å². The summed E-state index contributed by atoms with van der Waals surface area (Å²) in [5, 5.41) is 9.21. The van der Waals surface area contributed by atoms with Gasteiger partial charge in [-0.05, 0) is 38.0 Å². The highest BCUT2D eigenvalue weighted by Crippen LogP contribution is 2.53. The second-order valence-corrected chi connectivity index (χ2v) is 4.91. The van der Waals surface area contributed by atoms with Crippen LogP contribution in [-0.4, -0.2) is 11.1 Å². The van der Waals surface area contributed by atoms with Crippen LogP contribution in [0.2, 0.25) is 0 Å². The van der Waals surface area contributed by atoms with Crippen molar-refractivity contribution in [1.82, 2.24) is 0 Å². The second-order valence-electron chi connectivity index (χ2n) is 4.91. The van der Waals surface area contributed by atoms with Crippen molar-refractivity contribution < 1.29 is 9.90 Å². The third-order valence-electron chi connectivity index (χ3n) is 4.25. The van der Waals surface area contributed by atoms with Gasteiger partial charge in [-0.2, -0.15) is 0 Å². The maximum absolute atomic E-state index is 11.2. The first-order valence-corrected chi connectivity index (χ1v) is 5.38. The topological polar surface area (TPSA) is 37.3 Å². The highest BCUT2D eigenvalue weighted by atomic mass is 16.4. The Hall–Kier alpha value is -0.530. The molecule has 0 aromatic carbocycles. The Kier molecular flexibility index (Phi) is 2.09. The minimum atomic E-state index is -0.568. The van der Waals surface area contributed by atoms with E-state index in [4.69, 9.17) is 0 Å². The fourth-order valence-corrected chi connectivity index (χ4v) is 3.33. The number of rotatable bonds is 1. The lowest BCUT2D eigenvalue weighted by Crippen LogP contribution is -2.34. The number of aliphatic carboxylic acids is 1. The summed E-state index contributed by atoms with van der Waals surface area (Å²) in [5.41, 5.74) is -0.398. The van der Waals surface area contributed by atoms with Gasteiger partial charge in [-0.3, -0.25) is 4.79 Å². The molecule has 0 aliphatic heterocycles. The largest absolute Gasteiger partial charge is 0.481 e. The van der Waals surface area contributed by atoms with Crippen LogP contribution in [0.5, 0.6) is 0 Å². The molecule has 0 aromatic rings. The summed E-state index contributed by atoms with van der Waals surface area (Å²) < 4.78 is 0. The van der Waals surface area contributed by atoms with E-state index in [2.05, 4.69) is 0 Å². The van der Waals surface area contributed by atoms with Crippen LogP contribution < -0.4 is 0 Å². The van der Waals surface area contributed by atoms with Gasteiger partial charge in [0.1, 0.15) is 0 Å². The Morgan fingerprint density at radius 1 is 1.31 bits per heavy atom. The zero-order chi connectivity index (χ0) is 9.47. The maximum atomic E-state index is 11.2. The summed E-state index contributed by atoms with van der Waals surface area (Å²) in [5.74, 6) is 0.621. The molecule has 0 saturated heterocycles. The number of hydrogen-bond acceptors (Lipinski definition) is 1. The average Bonchev–Trinajstić information content (AvgIpc) is 2.47. The van der Waals surface area contributed by atoms with Crippen LogP contribution in [0.15, 0.2) is 0 Å². The smallest absolute Gasteiger partial charge is 0.309 e. The molecule has 2 saturated carbocycles. The van der Waals surface area contributed by atoms with Crippen LogP contribution >= 0.6 is 0 Å². The first kappa shape index (κ1) is 9.04. The Labute approximate surface area is 79.3 Å². The van der Waals surface area contributed by atoms with Crippen molar-refractivity contribution in [2.45, 2.75) is 45.4 Å². The quantitative estimate of drug-likeness (QED) is 0.677. The van der Waals surface area contributed by atoms with Crippen molar-refractivity contribution in [2.24, 2.45) is 17.3 Å². The Morgan fingerprint density at radius 3 is 2.69 bits per heavy atom. The molecule has 0 aromatic heterocycles. The monoisotopic (exact) mass is 182 g/mol. The van der Waals surface area contributed by atoms with Gasteiger partial charge in [0.25, 0.3) is 0 Å². The van der Waals surface area contributed by atoms with Crippen LogP contribution in [0.25, 0.3) is 0 Å². The summed E-state index contributed by atoms with van der Waals surface area (Å²) in [6.45, 7) is 1.95. The molecule has 0 heterocycles. The Bertz CT molecular complexity index is 224. The first-order chi connectivity index (χ1) is 6.14. The van der Waals surface area contributed by atoms with E-state index in [1.807, 2.05) is 6.92 Å². The maximum Gasteiger partial charge on any atom is 0.309 e. The van der Waals surface area contributed by atoms with Gasteiger partial charge >= 0.3 is 5.97 Å². The SMILES string of the molecule is C[C@]1(C(=O)O)CC[C@@H]2CCCC[C@H]21. The van der Waals surface area contributed by atoms with Crippen molar-refractivity contribution in [3.05, 3.63) is 0 Å². The molecule has 0 bridgehead atoms. The van der Waals surface area contributed by atoms with E-state index in [0.717, 1.165) is 25.2 Å². The average molecular weight is 182 g/mol. The van der Waals surface area contributed by atoms with Gasteiger partial charge in [-0.25, -0.2) is 0 Å². The lowest BCUT2D eigenvalue weighted by molar-refractivity contribution is -0.151. The molecule has 2 nitrogen and oxygen atoms in total. The predicted octanol–water partition coefficient (Wildman–Crippen LogP) is 2.68. The van der Waals surface area contributed by atoms with E-state index in [0.29, 0.717) is 5.92 Å². The van der Waals surface area contributed by atoms with Crippen molar-refractivity contribution in [3.8, 4) is 0 Å². The molecule has 2 aliphatic rings. The van der Waals surface area contributed by atoms with E-state index in [-0.39, 0.29) is 0 Å².